The molecule has 0 aromatic heterocycles. The Morgan fingerprint density at radius 1 is 1.48 bits per heavy atom. The Bertz CT molecular complexity index is 577. The van der Waals surface area contributed by atoms with Gasteiger partial charge in [-0.2, -0.15) is 18.4 Å². The second kappa shape index (κ2) is 6.48. The van der Waals surface area contributed by atoms with Crippen LogP contribution in [0.5, 0.6) is 0 Å². The first-order valence-electron chi connectivity index (χ1n) is 6.24. The first kappa shape index (κ1) is 16.8. The number of ether oxygens (including phenoxy) is 1. The van der Waals surface area contributed by atoms with E-state index in [1.54, 1.807) is 6.07 Å². The first-order chi connectivity index (χ1) is 9.74. The van der Waals surface area contributed by atoms with Crippen LogP contribution in [0.25, 0.3) is 0 Å². The summed E-state index contributed by atoms with van der Waals surface area (Å²) < 4.78 is 43.3. The number of carbonyl (C=O) groups excluding carboxylic acids is 1. The lowest BCUT2D eigenvalue weighted by Crippen LogP contribution is -2.18. The summed E-state index contributed by atoms with van der Waals surface area (Å²) in [4.78, 5) is 11.6. The van der Waals surface area contributed by atoms with Gasteiger partial charge in [0.25, 0.3) is 0 Å². The Hall–Kier alpha value is -2.23. The molecular formula is C14H15F3N2O2. The molecule has 114 valence electrons. The number of nitrogens with zero attached hydrogens (tertiary/aromatic N) is 1. The van der Waals surface area contributed by atoms with Crippen LogP contribution in [-0.4, -0.2) is 19.1 Å². The average Bonchev–Trinajstić information content (AvgIpc) is 2.44. The largest absolute Gasteiger partial charge is 0.465 e. The predicted molar refractivity (Wildman–Crippen MR) is 70.9 cm³/mol. The molecule has 1 aromatic rings. The summed E-state index contributed by atoms with van der Waals surface area (Å²) in [7, 11) is 1.00. The van der Waals surface area contributed by atoms with Crippen LogP contribution >= 0.6 is 0 Å². The van der Waals surface area contributed by atoms with Gasteiger partial charge >= 0.3 is 12.1 Å². The van der Waals surface area contributed by atoms with Crippen LogP contribution in [0.1, 0.15) is 41.8 Å². The quantitative estimate of drug-likeness (QED) is 0.863. The third-order valence-electron chi connectivity index (χ3n) is 3.00. The molecule has 0 heterocycles. The summed E-state index contributed by atoms with van der Waals surface area (Å²) in [6, 6.07) is 3.33. The smallest absolute Gasteiger partial charge is 0.417 e. The van der Waals surface area contributed by atoms with Crippen LogP contribution in [0.2, 0.25) is 0 Å². The van der Waals surface area contributed by atoms with E-state index in [1.807, 2.05) is 13.8 Å². The molecule has 0 aliphatic heterocycles. The molecule has 1 aromatic carbocycles. The molecule has 21 heavy (non-hydrogen) atoms. The van der Waals surface area contributed by atoms with Gasteiger partial charge in [-0.1, -0.05) is 6.92 Å². The summed E-state index contributed by atoms with van der Waals surface area (Å²) in [6.45, 7) is 3.70. The fourth-order valence-corrected chi connectivity index (χ4v) is 1.69. The molecule has 1 N–H and O–H groups in total. The topological polar surface area (TPSA) is 62.1 Å². The Kier molecular flexibility index (Phi) is 5.19. The molecule has 0 saturated carbocycles. The normalized spacial score (nSPS) is 12.4. The van der Waals surface area contributed by atoms with E-state index in [1.165, 1.54) is 0 Å². The number of hydrogen-bond donors (Lipinski definition) is 1. The number of benzene rings is 1. The van der Waals surface area contributed by atoms with Crippen molar-refractivity contribution in [1.82, 2.24) is 0 Å². The van der Waals surface area contributed by atoms with Crippen molar-refractivity contribution in [3.8, 4) is 6.07 Å². The number of esters is 1. The van der Waals surface area contributed by atoms with Gasteiger partial charge in [0.1, 0.15) is 6.07 Å². The van der Waals surface area contributed by atoms with Crippen molar-refractivity contribution in [2.24, 2.45) is 0 Å². The number of nitriles is 1. The highest BCUT2D eigenvalue weighted by Gasteiger charge is 2.36. The SMILES string of the molecule is CC[C@@H](C)Nc1cc(C(=O)OC)c(C(F)(F)F)cc1C#N. The standard InChI is InChI=1S/C14H15F3N2O2/c1-4-8(2)19-12-6-10(13(20)21-3)11(14(15,16)17)5-9(12)7-18/h5-6,8,19H,4H2,1-3H3/t8-/m1/s1. The number of rotatable bonds is 4. The number of halogens is 3. The molecule has 0 radical (unpaired) electrons. The minimum Gasteiger partial charge on any atom is -0.465 e. The third kappa shape index (κ3) is 3.88. The molecular weight excluding hydrogens is 285 g/mol. The maximum absolute atomic E-state index is 13.0. The summed E-state index contributed by atoms with van der Waals surface area (Å²) in [5.41, 5.74) is -1.79. The fourth-order valence-electron chi connectivity index (χ4n) is 1.69. The number of nitrogens with one attached hydrogen (secondary N) is 1. The summed E-state index contributed by atoms with van der Waals surface area (Å²) in [6.07, 6.45) is -4.04. The molecule has 0 fully saturated rings. The second-order valence-electron chi connectivity index (χ2n) is 4.50. The van der Waals surface area contributed by atoms with E-state index in [0.717, 1.165) is 13.2 Å². The minimum atomic E-state index is -4.75. The van der Waals surface area contributed by atoms with Gasteiger partial charge in [0.05, 0.1) is 29.5 Å². The number of hydrogen-bond acceptors (Lipinski definition) is 4. The van der Waals surface area contributed by atoms with Crippen molar-refractivity contribution in [3.63, 3.8) is 0 Å². The highest BCUT2D eigenvalue weighted by Crippen LogP contribution is 2.35. The minimum absolute atomic E-state index is 0.0562. The molecule has 0 aliphatic rings. The van der Waals surface area contributed by atoms with E-state index in [9.17, 15) is 18.0 Å². The van der Waals surface area contributed by atoms with Crippen LogP contribution in [0, 0.1) is 11.3 Å². The molecule has 0 aliphatic carbocycles. The first-order valence-corrected chi connectivity index (χ1v) is 6.24. The summed E-state index contributed by atoms with van der Waals surface area (Å²) in [5.74, 6) is -1.10. The maximum atomic E-state index is 13.0. The number of anilines is 1. The molecule has 4 nitrogen and oxygen atoms in total. The zero-order valence-corrected chi connectivity index (χ0v) is 11.8. The molecule has 0 spiro atoms. The average molecular weight is 300 g/mol. The van der Waals surface area contributed by atoms with Crippen molar-refractivity contribution in [2.75, 3.05) is 12.4 Å². The highest BCUT2D eigenvalue weighted by atomic mass is 19.4. The van der Waals surface area contributed by atoms with Crippen LogP contribution < -0.4 is 5.32 Å². The maximum Gasteiger partial charge on any atom is 0.417 e. The van der Waals surface area contributed by atoms with E-state index in [4.69, 9.17) is 5.26 Å². The fraction of sp³-hybridized carbons (Fsp3) is 0.429. The van der Waals surface area contributed by atoms with Crippen molar-refractivity contribution in [1.29, 1.82) is 5.26 Å². The molecule has 0 unspecified atom stereocenters. The van der Waals surface area contributed by atoms with E-state index in [0.29, 0.717) is 12.5 Å². The zero-order valence-electron chi connectivity index (χ0n) is 11.8. The monoisotopic (exact) mass is 300 g/mol. The Morgan fingerprint density at radius 2 is 2.10 bits per heavy atom. The van der Waals surface area contributed by atoms with Gasteiger partial charge in [-0.05, 0) is 25.5 Å². The van der Waals surface area contributed by atoms with Crippen LogP contribution in [-0.2, 0) is 10.9 Å². The van der Waals surface area contributed by atoms with Crippen molar-refractivity contribution in [3.05, 3.63) is 28.8 Å². The van der Waals surface area contributed by atoms with Crippen molar-refractivity contribution in [2.45, 2.75) is 32.5 Å². The molecule has 0 amide bonds. The Labute approximate surface area is 120 Å². The molecule has 1 rings (SSSR count). The summed E-state index contributed by atoms with van der Waals surface area (Å²) >= 11 is 0. The second-order valence-corrected chi connectivity index (χ2v) is 4.50. The zero-order chi connectivity index (χ0) is 16.2. The molecule has 0 bridgehead atoms. The number of carbonyl (C=O) groups is 1. The van der Waals surface area contributed by atoms with Gasteiger partial charge in [-0.25, -0.2) is 4.79 Å². The lowest BCUT2D eigenvalue weighted by atomic mass is 10.0. The molecule has 0 saturated heterocycles. The predicted octanol–water partition coefficient (Wildman–Crippen LogP) is 3.57. The van der Waals surface area contributed by atoms with Gasteiger partial charge in [-0.3, -0.25) is 0 Å². The van der Waals surface area contributed by atoms with Crippen molar-refractivity contribution < 1.29 is 22.7 Å². The number of methoxy groups -OCH3 is 1. The Morgan fingerprint density at radius 3 is 2.52 bits per heavy atom. The van der Waals surface area contributed by atoms with Gasteiger partial charge in [0.15, 0.2) is 0 Å². The number of alkyl halides is 3. The lowest BCUT2D eigenvalue weighted by molar-refractivity contribution is -0.138. The van der Waals surface area contributed by atoms with Crippen LogP contribution in [0.3, 0.4) is 0 Å². The lowest BCUT2D eigenvalue weighted by Gasteiger charge is -2.18. The van der Waals surface area contributed by atoms with Gasteiger partial charge < -0.3 is 10.1 Å². The molecule has 7 heteroatoms. The van der Waals surface area contributed by atoms with E-state index < -0.39 is 23.3 Å². The highest BCUT2D eigenvalue weighted by molar-refractivity contribution is 5.93. The third-order valence-corrected chi connectivity index (χ3v) is 3.00. The van der Waals surface area contributed by atoms with Gasteiger partial charge in [0.2, 0.25) is 0 Å². The Balaban J connectivity index is 3.49. The van der Waals surface area contributed by atoms with Gasteiger partial charge in [0, 0.05) is 6.04 Å². The van der Waals surface area contributed by atoms with Crippen LogP contribution in [0.15, 0.2) is 12.1 Å². The molecule has 1 atom stereocenters. The van der Waals surface area contributed by atoms with E-state index in [-0.39, 0.29) is 17.3 Å². The van der Waals surface area contributed by atoms with E-state index >= 15 is 0 Å². The van der Waals surface area contributed by atoms with Gasteiger partial charge in [-0.15, -0.1) is 0 Å². The van der Waals surface area contributed by atoms with E-state index in [2.05, 4.69) is 10.1 Å². The summed E-state index contributed by atoms with van der Waals surface area (Å²) in [5, 5.41) is 11.9. The van der Waals surface area contributed by atoms with Crippen molar-refractivity contribution >= 4 is 11.7 Å². The van der Waals surface area contributed by atoms with Crippen LogP contribution in [0.4, 0.5) is 18.9 Å².